The number of carbonyl (C=O) groups excluding carboxylic acids is 1. The fraction of sp³-hybridized carbons (Fsp3) is 0.462. The number of amides is 1. The Labute approximate surface area is 105 Å². The fourth-order valence-electron chi connectivity index (χ4n) is 2.11. The van der Waals surface area contributed by atoms with E-state index in [9.17, 15) is 13.6 Å². The van der Waals surface area contributed by atoms with Crippen LogP contribution >= 0.6 is 0 Å². The molecule has 98 valence electrons. The highest BCUT2D eigenvalue weighted by atomic mass is 19.1. The van der Waals surface area contributed by atoms with Gasteiger partial charge in [0.2, 0.25) is 5.91 Å². The molecular weight excluding hydrogens is 238 g/mol. The van der Waals surface area contributed by atoms with Gasteiger partial charge in [0, 0.05) is 18.5 Å². The molecule has 18 heavy (non-hydrogen) atoms. The molecule has 0 saturated carbocycles. The first-order valence-electron chi connectivity index (χ1n) is 6.13. The number of benzene rings is 1. The predicted molar refractivity (Wildman–Crippen MR) is 65.2 cm³/mol. The summed E-state index contributed by atoms with van der Waals surface area (Å²) in [6.45, 7) is 0.999. The second-order valence-corrected chi connectivity index (χ2v) is 4.50. The first-order valence-corrected chi connectivity index (χ1v) is 6.13. The summed E-state index contributed by atoms with van der Waals surface area (Å²) in [4.78, 5) is 11.6. The van der Waals surface area contributed by atoms with Gasteiger partial charge in [0.1, 0.15) is 11.6 Å². The Morgan fingerprint density at radius 2 is 2.28 bits per heavy atom. The number of anilines is 1. The van der Waals surface area contributed by atoms with E-state index >= 15 is 0 Å². The maximum Gasteiger partial charge on any atom is 0.224 e. The zero-order valence-electron chi connectivity index (χ0n) is 10.0. The maximum absolute atomic E-state index is 13.3. The molecule has 1 atom stereocenters. The van der Waals surface area contributed by atoms with Crippen LogP contribution in [0.25, 0.3) is 0 Å². The predicted octanol–water partition coefficient (Wildman–Crippen LogP) is 2.44. The molecule has 1 aromatic rings. The molecular formula is C13H16F2N2O. The quantitative estimate of drug-likeness (QED) is 0.866. The van der Waals surface area contributed by atoms with Crippen molar-refractivity contribution in [3.8, 4) is 0 Å². The molecule has 1 fully saturated rings. The van der Waals surface area contributed by atoms with E-state index in [1.54, 1.807) is 0 Å². The van der Waals surface area contributed by atoms with Gasteiger partial charge in [0.15, 0.2) is 0 Å². The van der Waals surface area contributed by atoms with Gasteiger partial charge in [-0.1, -0.05) is 0 Å². The highest BCUT2D eigenvalue weighted by molar-refractivity contribution is 5.90. The lowest BCUT2D eigenvalue weighted by Crippen LogP contribution is -2.23. The average Bonchev–Trinajstić information content (AvgIpc) is 2.83. The van der Waals surface area contributed by atoms with Crippen molar-refractivity contribution in [2.45, 2.75) is 31.7 Å². The summed E-state index contributed by atoms with van der Waals surface area (Å²) in [6, 6.07) is 3.50. The molecule has 0 radical (unpaired) electrons. The minimum Gasteiger partial charge on any atom is -0.324 e. The lowest BCUT2D eigenvalue weighted by molar-refractivity contribution is -0.116. The number of halogens is 2. The Bertz CT molecular complexity index is 431. The molecule has 2 N–H and O–H groups in total. The Morgan fingerprint density at radius 1 is 1.44 bits per heavy atom. The molecule has 1 aromatic carbocycles. The maximum atomic E-state index is 13.3. The van der Waals surface area contributed by atoms with Crippen molar-refractivity contribution in [2.24, 2.45) is 0 Å². The van der Waals surface area contributed by atoms with Gasteiger partial charge < -0.3 is 10.6 Å². The Hall–Kier alpha value is -1.49. The van der Waals surface area contributed by atoms with Crippen molar-refractivity contribution in [3.05, 3.63) is 29.8 Å². The van der Waals surface area contributed by atoms with Crippen LogP contribution in [0, 0.1) is 11.6 Å². The van der Waals surface area contributed by atoms with Crippen LogP contribution < -0.4 is 10.6 Å². The van der Waals surface area contributed by atoms with E-state index in [0.717, 1.165) is 37.9 Å². The largest absolute Gasteiger partial charge is 0.324 e. The van der Waals surface area contributed by atoms with Crippen molar-refractivity contribution in [1.82, 2.24) is 5.32 Å². The lowest BCUT2D eigenvalue weighted by atomic mass is 10.1. The number of hydrogen-bond donors (Lipinski definition) is 2. The molecule has 1 aliphatic heterocycles. The SMILES string of the molecule is O=C(CCC1CCCN1)Nc1ccc(F)cc1F. The number of carbonyl (C=O) groups is 1. The molecule has 1 saturated heterocycles. The third-order valence-electron chi connectivity index (χ3n) is 3.09. The molecule has 2 rings (SSSR count). The van der Waals surface area contributed by atoms with E-state index in [-0.39, 0.29) is 11.6 Å². The van der Waals surface area contributed by atoms with Crippen molar-refractivity contribution in [2.75, 3.05) is 11.9 Å². The van der Waals surface area contributed by atoms with E-state index in [2.05, 4.69) is 10.6 Å². The van der Waals surface area contributed by atoms with Gasteiger partial charge in [-0.15, -0.1) is 0 Å². The Morgan fingerprint density at radius 3 is 2.94 bits per heavy atom. The summed E-state index contributed by atoms with van der Waals surface area (Å²) in [6.07, 6.45) is 3.31. The smallest absolute Gasteiger partial charge is 0.224 e. The molecule has 3 nitrogen and oxygen atoms in total. The molecule has 0 spiro atoms. The zero-order valence-corrected chi connectivity index (χ0v) is 10.0. The van der Waals surface area contributed by atoms with Crippen LogP contribution in [0.15, 0.2) is 18.2 Å². The number of hydrogen-bond acceptors (Lipinski definition) is 2. The van der Waals surface area contributed by atoms with Crippen molar-refractivity contribution in [3.63, 3.8) is 0 Å². The minimum atomic E-state index is -0.748. The summed E-state index contributed by atoms with van der Waals surface area (Å²) in [5.74, 6) is -1.64. The second kappa shape index (κ2) is 5.91. The topological polar surface area (TPSA) is 41.1 Å². The summed E-state index contributed by atoms with van der Waals surface area (Å²) >= 11 is 0. The molecule has 5 heteroatoms. The highest BCUT2D eigenvalue weighted by Gasteiger charge is 2.15. The van der Waals surface area contributed by atoms with E-state index in [1.165, 1.54) is 6.07 Å². The Kier molecular flexibility index (Phi) is 4.25. The molecule has 0 aromatic heterocycles. The second-order valence-electron chi connectivity index (χ2n) is 4.50. The summed E-state index contributed by atoms with van der Waals surface area (Å²) in [5, 5.41) is 5.74. The van der Waals surface area contributed by atoms with E-state index in [4.69, 9.17) is 0 Å². The van der Waals surface area contributed by atoms with E-state index in [1.807, 2.05) is 0 Å². The van der Waals surface area contributed by atoms with Crippen LogP contribution in [0.4, 0.5) is 14.5 Å². The molecule has 0 bridgehead atoms. The summed E-state index contributed by atoms with van der Waals surface area (Å²) in [5.41, 5.74) is 0.0285. The monoisotopic (exact) mass is 254 g/mol. The van der Waals surface area contributed by atoms with Crippen LogP contribution in [0.3, 0.4) is 0 Å². The Balaban J connectivity index is 1.82. The van der Waals surface area contributed by atoms with Gasteiger partial charge >= 0.3 is 0 Å². The molecule has 0 aliphatic carbocycles. The van der Waals surface area contributed by atoms with Crippen molar-refractivity contribution < 1.29 is 13.6 Å². The van der Waals surface area contributed by atoms with Crippen molar-refractivity contribution in [1.29, 1.82) is 0 Å². The van der Waals surface area contributed by atoms with Crippen LogP contribution in [-0.4, -0.2) is 18.5 Å². The molecule has 1 unspecified atom stereocenters. The van der Waals surface area contributed by atoms with Crippen LogP contribution in [-0.2, 0) is 4.79 Å². The van der Waals surface area contributed by atoms with Crippen molar-refractivity contribution >= 4 is 11.6 Å². The first kappa shape index (κ1) is 13.0. The summed E-state index contributed by atoms with van der Waals surface area (Å²) in [7, 11) is 0. The van der Waals surface area contributed by atoms with Crippen LogP contribution in [0.2, 0.25) is 0 Å². The number of rotatable bonds is 4. The van der Waals surface area contributed by atoms with Crippen LogP contribution in [0.1, 0.15) is 25.7 Å². The van der Waals surface area contributed by atoms with E-state index in [0.29, 0.717) is 12.5 Å². The van der Waals surface area contributed by atoms with Gasteiger partial charge in [0.05, 0.1) is 5.69 Å². The highest BCUT2D eigenvalue weighted by Crippen LogP contribution is 2.16. The fourth-order valence-corrected chi connectivity index (χ4v) is 2.11. The van der Waals surface area contributed by atoms with E-state index < -0.39 is 11.6 Å². The van der Waals surface area contributed by atoms with Gasteiger partial charge in [-0.3, -0.25) is 4.79 Å². The first-order chi connectivity index (χ1) is 8.65. The number of nitrogens with one attached hydrogen (secondary N) is 2. The molecule has 1 heterocycles. The van der Waals surface area contributed by atoms with Gasteiger partial charge in [-0.25, -0.2) is 8.78 Å². The minimum absolute atomic E-state index is 0.0285. The third-order valence-corrected chi connectivity index (χ3v) is 3.09. The van der Waals surface area contributed by atoms with Gasteiger partial charge in [-0.05, 0) is 37.9 Å². The molecule has 1 amide bonds. The van der Waals surface area contributed by atoms with Gasteiger partial charge in [0.25, 0.3) is 0 Å². The zero-order chi connectivity index (χ0) is 13.0. The standard InChI is InChI=1S/C13H16F2N2O/c14-9-3-5-12(11(15)8-9)17-13(18)6-4-10-2-1-7-16-10/h3,5,8,10,16H,1-2,4,6-7H2,(H,17,18). The van der Waals surface area contributed by atoms with Crippen LogP contribution in [0.5, 0.6) is 0 Å². The lowest BCUT2D eigenvalue weighted by Gasteiger charge is -2.10. The average molecular weight is 254 g/mol. The molecule has 1 aliphatic rings. The normalized spacial score (nSPS) is 18.9. The summed E-state index contributed by atoms with van der Waals surface area (Å²) < 4.78 is 26.0. The third kappa shape index (κ3) is 3.50. The van der Waals surface area contributed by atoms with Gasteiger partial charge in [-0.2, -0.15) is 0 Å².